The Labute approximate surface area is 114 Å². The first-order valence-electron chi connectivity index (χ1n) is 6.60. The van der Waals surface area contributed by atoms with E-state index in [2.05, 4.69) is 11.8 Å². The van der Waals surface area contributed by atoms with Gasteiger partial charge in [-0.2, -0.15) is 0 Å². The van der Waals surface area contributed by atoms with Gasteiger partial charge in [-0.05, 0) is 25.3 Å². The van der Waals surface area contributed by atoms with Crippen molar-refractivity contribution in [1.29, 1.82) is 0 Å². The van der Waals surface area contributed by atoms with Crippen LogP contribution in [0.3, 0.4) is 0 Å². The molecule has 0 aliphatic rings. The van der Waals surface area contributed by atoms with Crippen molar-refractivity contribution in [2.75, 3.05) is 13.2 Å². The van der Waals surface area contributed by atoms with Crippen LogP contribution in [0.25, 0.3) is 0 Å². The standard InChI is InChI=1S/C16H20O3/c1-2-19-16(17)12-8-3-4-9-13-18-14-15-10-6-5-7-11-15/h5-7,10-11H,2-4,9,13-14H2,1H3. The fourth-order valence-electron chi connectivity index (χ4n) is 1.48. The van der Waals surface area contributed by atoms with E-state index in [1.807, 2.05) is 30.3 Å². The van der Waals surface area contributed by atoms with Crippen LogP contribution in [0.1, 0.15) is 31.7 Å². The summed E-state index contributed by atoms with van der Waals surface area (Å²) in [5.41, 5.74) is 1.18. The van der Waals surface area contributed by atoms with E-state index < -0.39 is 5.97 Å². The number of hydrogen-bond donors (Lipinski definition) is 0. The highest BCUT2D eigenvalue weighted by Crippen LogP contribution is 2.02. The summed E-state index contributed by atoms with van der Waals surface area (Å²) in [6.07, 6.45) is 2.58. The van der Waals surface area contributed by atoms with E-state index in [9.17, 15) is 4.79 Å². The van der Waals surface area contributed by atoms with Gasteiger partial charge in [-0.25, -0.2) is 4.79 Å². The summed E-state index contributed by atoms with van der Waals surface area (Å²) in [6.45, 7) is 3.51. The molecule has 19 heavy (non-hydrogen) atoms. The maximum absolute atomic E-state index is 10.9. The molecule has 1 aromatic rings. The Kier molecular flexibility index (Phi) is 8.17. The van der Waals surface area contributed by atoms with Crippen molar-refractivity contribution >= 4 is 5.97 Å². The summed E-state index contributed by atoms with van der Waals surface area (Å²) in [6, 6.07) is 10.1. The zero-order valence-electron chi connectivity index (χ0n) is 11.4. The predicted octanol–water partition coefficient (Wildman–Crippen LogP) is 2.94. The molecule has 0 unspecified atom stereocenters. The zero-order valence-corrected chi connectivity index (χ0v) is 11.4. The lowest BCUT2D eigenvalue weighted by molar-refractivity contribution is -0.136. The van der Waals surface area contributed by atoms with Crippen molar-refractivity contribution in [2.45, 2.75) is 32.8 Å². The molecule has 0 bridgehead atoms. The summed E-state index contributed by atoms with van der Waals surface area (Å²) in [4.78, 5) is 10.9. The van der Waals surface area contributed by atoms with E-state index in [4.69, 9.17) is 9.47 Å². The number of carbonyl (C=O) groups excluding carboxylic acids is 1. The Balaban J connectivity index is 1.98. The smallest absolute Gasteiger partial charge is 0.384 e. The van der Waals surface area contributed by atoms with E-state index in [1.165, 1.54) is 5.56 Å². The van der Waals surface area contributed by atoms with Crippen LogP contribution < -0.4 is 0 Å². The Hall–Kier alpha value is -1.79. The van der Waals surface area contributed by atoms with Gasteiger partial charge in [0.15, 0.2) is 0 Å². The van der Waals surface area contributed by atoms with Crippen molar-refractivity contribution in [1.82, 2.24) is 0 Å². The molecular weight excluding hydrogens is 240 g/mol. The normalized spacial score (nSPS) is 9.53. The number of esters is 1. The van der Waals surface area contributed by atoms with E-state index in [-0.39, 0.29) is 0 Å². The van der Waals surface area contributed by atoms with Crippen molar-refractivity contribution in [3.63, 3.8) is 0 Å². The number of carbonyl (C=O) groups is 1. The first kappa shape index (κ1) is 15.3. The summed E-state index contributed by atoms with van der Waals surface area (Å²) >= 11 is 0. The molecule has 0 saturated heterocycles. The molecule has 0 aromatic heterocycles. The van der Waals surface area contributed by atoms with Gasteiger partial charge in [0, 0.05) is 18.9 Å². The molecule has 1 rings (SSSR count). The lowest BCUT2D eigenvalue weighted by Crippen LogP contribution is -1.99. The number of ether oxygens (including phenoxy) is 2. The Morgan fingerprint density at radius 2 is 2.00 bits per heavy atom. The number of rotatable bonds is 7. The largest absolute Gasteiger partial charge is 0.456 e. The second kappa shape index (κ2) is 10.2. The van der Waals surface area contributed by atoms with Crippen molar-refractivity contribution in [3.05, 3.63) is 35.9 Å². The topological polar surface area (TPSA) is 35.5 Å². The Bertz CT molecular complexity index is 415. The first-order valence-corrected chi connectivity index (χ1v) is 6.60. The molecule has 0 heterocycles. The molecule has 0 N–H and O–H groups in total. The molecule has 0 aliphatic carbocycles. The van der Waals surface area contributed by atoms with Gasteiger partial charge in [-0.15, -0.1) is 0 Å². The summed E-state index contributed by atoms with van der Waals surface area (Å²) in [5.74, 6) is 4.80. The Morgan fingerprint density at radius 1 is 1.21 bits per heavy atom. The fraction of sp³-hybridized carbons (Fsp3) is 0.438. The van der Waals surface area contributed by atoms with Crippen molar-refractivity contribution in [2.24, 2.45) is 0 Å². The van der Waals surface area contributed by atoms with Gasteiger partial charge in [-0.3, -0.25) is 0 Å². The lowest BCUT2D eigenvalue weighted by Gasteiger charge is -2.02. The summed E-state index contributed by atoms with van der Waals surface area (Å²) < 4.78 is 10.2. The first-order chi connectivity index (χ1) is 9.33. The fourth-order valence-corrected chi connectivity index (χ4v) is 1.48. The molecule has 0 spiro atoms. The predicted molar refractivity (Wildman–Crippen MR) is 74.4 cm³/mol. The molecule has 3 nitrogen and oxygen atoms in total. The molecule has 0 amide bonds. The SMILES string of the molecule is CCOC(=O)C#CCCCCOCc1ccccc1. The highest BCUT2D eigenvalue weighted by molar-refractivity contribution is 5.88. The minimum atomic E-state index is -0.442. The monoisotopic (exact) mass is 260 g/mol. The minimum absolute atomic E-state index is 0.376. The average Bonchev–Trinajstić information content (AvgIpc) is 2.43. The van der Waals surface area contributed by atoms with Crippen LogP contribution in [0, 0.1) is 11.8 Å². The minimum Gasteiger partial charge on any atom is -0.456 e. The maximum Gasteiger partial charge on any atom is 0.384 e. The van der Waals surface area contributed by atoms with Gasteiger partial charge >= 0.3 is 5.97 Å². The number of hydrogen-bond acceptors (Lipinski definition) is 3. The van der Waals surface area contributed by atoms with Crippen LogP contribution in [0.15, 0.2) is 30.3 Å². The molecule has 0 radical (unpaired) electrons. The third kappa shape index (κ3) is 8.01. The molecule has 0 fully saturated rings. The molecule has 3 heteroatoms. The highest BCUT2D eigenvalue weighted by atomic mass is 16.5. The van der Waals surface area contributed by atoms with Crippen LogP contribution in [-0.2, 0) is 20.9 Å². The van der Waals surface area contributed by atoms with Crippen LogP contribution in [-0.4, -0.2) is 19.2 Å². The molecular formula is C16H20O3. The number of benzene rings is 1. The third-order valence-corrected chi connectivity index (χ3v) is 2.42. The van der Waals surface area contributed by atoms with Gasteiger partial charge in [0.1, 0.15) is 0 Å². The van der Waals surface area contributed by atoms with Crippen LogP contribution in [0.2, 0.25) is 0 Å². The molecule has 102 valence electrons. The molecule has 0 atom stereocenters. The van der Waals surface area contributed by atoms with E-state index in [1.54, 1.807) is 6.92 Å². The zero-order chi connectivity index (χ0) is 13.8. The van der Waals surface area contributed by atoms with Crippen LogP contribution >= 0.6 is 0 Å². The van der Waals surface area contributed by atoms with Gasteiger partial charge in [-0.1, -0.05) is 36.3 Å². The molecule has 0 saturated carbocycles. The average molecular weight is 260 g/mol. The second-order valence-corrected chi connectivity index (χ2v) is 4.02. The molecule has 0 aliphatic heterocycles. The van der Waals surface area contributed by atoms with Crippen LogP contribution in [0.4, 0.5) is 0 Å². The van der Waals surface area contributed by atoms with Gasteiger partial charge < -0.3 is 9.47 Å². The van der Waals surface area contributed by atoms with Gasteiger partial charge in [0.25, 0.3) is 0 Å². The number of unbranched alkanes of at least 4 members (excludes halogenated alkanes) is 2. The van der Waals surface area contributed by atoms with E-state index in [0.29, 0.717) is 19.6 Å². The maximum atomic E-state index is 10.9. The summed E-state index contributed by atoms with van der Waals surface area (Å²) in [5, 5.41) is 0. The third-order valence-electron chi connectivity index (χ3n) is 2.42. The van der Waals surface area contributed by atoms with Gasteiger partial charge in [0.2, 0.25) is 0 Å². The van der Waals surface area contributed by atoms with Crippen molar-refractivity contribution in [3.8, 4) is 11.8 Å². The van der Waals surface area contributed by atoms with Gasteiger partial charge in [0.05, 0.1) is 13.2 Å². The molecule has 1 aromatic carbocycles. The summed E-state index contributed by atoms with van der Waals surface area (Å²) in [7, 11) is 0. The Morgan fingerprint density at radius 3 is 2.74 bits per heavy atom. The van der Waals surface area contributed by atoms with E-state index in [0.717, 1.165) is 19.4 Å². The van der Waals surface area contributed by atoms with Crippen LogP contribution in [0.5, 0.6) is 0 Å². The van der Waals surface area contributed by atoms with E-state index >= 15 is 0 Å². The lowest BCUT2D eigenvalue weighted by atomic mass is 10.2. The quantitative estimate of drug-likeness (QED) is 0.327. The second-order valence-electron chi connectivity index (χ2n) is 4.02. The van der Waals surface area contributed by atoms with Crippen molar-refractivity contribution < 1.29 is 14.3 Å². The highest BCUT2D eigenvalue weighted by Gasteiger charge is 1.93.